The van der Waals surface area contributed by atoms with Crippen LogP contribution in [0.4, 0.5) is 0 Å². The molecule has 15 heavy (non-hydrogen) atoms. The van der Waals surface area contributed by atoms with E-state index in [4.69, 9.17) is 5.26 Å². The monoisotopic (exact) mass is 199 g/mol. The normalized spacial score (nSPS) is 12.9. The van der Waals surface area contributed by atoms with Gasteiger partial charge in [-0.3, -0.25) is 4.90 Å². The van der Waals surface area contributed by atoms with Gasteiger partial charge in [0.1, 0.15) is 6.04 Å². The second kappa shape index (κ2) is 3.76. The van der Waals surface area contributed by atoms with Gasteiger partial charge in [-0.2, -0.15) is 5.26 Å². The molecular weight excluding hydrogens is 186 g/mol. The number of nitrogens with zero attached hydrogens (tertiary/aromatic N) is 2. The Morgan fingerprint density at radius 3 is 2.73 bits per heavy atom. The summed E-state index contributed by atoms with van der Waals surface area (Å²) in [4.78, 5) is 5.09. The van der Waals surface area contributed by atoms with Crippen LogP contribution in [0.3, 0.4) is 0 Å². The van der Waals surface area contributed by atoms with Gasteiger partial charge in [-0.25, -0.2) is 0 Å². The lowest BCUT2D eigenvalue weighted by molar-refractivity contribution is 0.360. The van der Waals surface area contributed by atoms with E-state index in [1.807, 2.05) is 49.5 Å². The Hall–Kier alpha value is -1.79. The molecule has 0 aliphatic rings. The number of hydrogen-bond donors (Lipinski definition) is 1. The summed E-state index contributed by atoms with van der Waals surface area (Å²) >= 11 is 0. The van der Waals surface area contributed by atoms with Crippen LogP contribution < -0.4 is 0 Å². The van der Waals surface area contributed by atoms with Gasteiger partial charge in [-0.05, 0) is 20.2 Å². The number of fused-ring (bicyclic) bond motifs is 1. The van der Waals surface area contributed by atoms with Crippen molar-refractivity contribution < 1.29 is 0 Å². The first-order valence-electron chi connectivity index (χ1n) is 4.86. The van der Waals surface area contributed by atoms with E-state index in [1.54, 1.807) is 0 Å². The van der Waals surface area contributed by atoms with Crippen molar-refractivity contribution >= 4 is 10.9 Å². The van der Waals surface area contributed by atoms with Crippen molar-refractivity contribution in [2.75, 3.05) is 14.1 Å². The van der Waals surface area contributed by atoms with Gasteiger partial charge in [0, 0.05) is 22.7 Å². The minimum atomic E-state index is -0.193. The zero-order valence-corrected chi connectivity index (χ0v) is 8.86. The molecule has 0 amide bonds. The minimum Gasteiger partial charge on any atom is -0.361 e. The number of H-pyrrole nitrogens is 1. The number of hydrogen-bond acceptors (Lipinski definition) is 2. The number of para-hydroxylation sites is 1. The summed E-state index contributed by atoms with van der Waals surface area (Å²) in [5.41, 5.74) is 2.12. The Kier molecular flexibility index (Phi) is 2.44. The minimum absolute atomic E-state index is 0.193. The summed E-state index contributed by atoms with van der Waals surface area (Å²) in [6.07, 6.45) is 1.92. The summed E-state index contributed by atoms with van der Waals surface area (Å²) < 4.78 is 0. The predicted octanol–water partition coefficient (Wildman–Crippen LogP) is 2.29. The highest BCUT2D eigenvalue weighted by Gasteiger charge is 2.16. The van der Waals surface area contributed by atoms with E-state index in [-0.39, 0.29) is 6.04 Å². The molecule has 0 aliphatic carbocycles. The Labute approximate surface area is 88.9 Å². The van der Waals surface area contributed by atoms with Gasteiger partial charge in [0.05, 0.1) is 6.07 Å². The fraction of sp³-hybridized carbons (Fsp3) is 0.250. The molecule has 1 aromatic carbocycles. The van der Waals surface area contributed by atoms with Crippen molar-refractivity contribution in [2.24, 2.45) is 0 Å². The van der Waals surface area contributed by atoms with E-state index in [0.29, 0.717) is 0 Å². The number of benzene rings is 1. The molecule has 2 rings (SSSR count). The van der Waals surface area contributed by atoms with Crippen LogP contribution in [0.1, 0.15) is 11.6 Å². The van der Waals surface area contributed by atoms with E-state index >= 15 is 0 Å². The van der Waals surface area contributed by atoms with Gasteiger partial charge >= 0.3 is 0 Å². The molecule has 3 heteroatoms. The lowest BCUT2D eigenvalue weighted by atomic mass is 10.1. The lowest BCUT2D eigenvalue weighted by Crippen LogP contribution is -2.17. The molecule has 1 N–H and O–H groups in total. The Morgan fingerprint density at radius 1 is 1.33 bits per heavy atom. The fourth-order valence-corrected chi connectivity index (χ4v) is 1.78. The van der Waals surface area contributed by atoms with Crippen LogP contribution in [-0.4, -0.2) is 24.0 Å². The fourth-order valence-electron chi connectivity index (χ4n) is 1.78. The van der Waals surface area contributed by atoms with Crippen LogP contribution in [-0.2, 0) is 0 Å². The van der Waals surface area contributed by atoms with Crippen LogP contribution in [0.25, 0.3) is 10.9 Å². The van der Waals surface area contributed by atoms with E-state index < -0.39 is 0 Å². The number of nitriles is 1. The molecule has 0 radical (unpaired) electrons. The molecule has 0 fully saturated rings. The summed E-state index contributed by atoms with van der Waals surface area (Å²) in [5.74, 6) is 0. The third-order valence-corrected chi connectivity index (χ3v) is 2.55. The second-order valence-corrected chi connectivity index (χ2v) is 3.78. The maximum absolute atomic E-state index is 9.12. The molecule has 0 bridgehead atoms. The Bertz CT molecular complexity index is 505. The maximum atomic E-state index is 9.12. The average molecular weight is 199 g/mol. The quantitative estimate of drug-likeness (QED) is 0.806. The Balaban J connectivity index is 2.57. The highest BCUT2D eigenvalue weighted by Crippen LogP contribution is 2.26. The molecule has 0 saturated heterocycles. The molecule has 0 saturated carbocycles. The van der Waals surface area contributed by atoms with Gasteiger partial charge in [0.2, 0.25) is 0 Å². The lowest BCUT2D eigenvalue weighted by Gasteiger charge is -2.16. The van der Waals surface area contributed by atoms with E-state index in [2.05, 4.69) is 11.1 Å². The summed E-state index contributed by atoms with van der Waals surface area (Å²) in [6, 6.07) is 10.1. The van der Waals surface area contributed by atoms with Crippen molar-refractivity contribution in [1.29, 1.82) is 5.26 Å². The highest BCUT2D eigenvalue weighted by atomic mass is 15.1. The molecule has 1 heterocycles. The average Bonchev–Trinajstić information content (AvgIpc) is 2.63. The zero-order valence-electron chi connectivity index (χ0n) is 8.86. The second-order valence-electron chi connectivity index (χ2n) is 3.78. The molecule has 2 aromatic rings. The molecule has 0 aliphatic heterocycles. The highest BCUT2D eigenvalue weighted by molar-refractivity contribution is 5.83. The number of rotatable bonds is 2. The first-order chi connectivity index (χ1) is 7.24. The smallest absolute Gasteiger partial charge is 0.125 e. The van der Waals surface area contributed by atoms with Crippen molar-refractivity contribution in [3.63, 3.8) is 0 Å². The number of nitrogens with one attached hydrogen (secondary N) is 1. The summed E-state index contributed by atoms with van der Waals surface area (Å²) in [5, 5.41) is 10.2. The molecule has 1 aromatic heterocycles. The zero-order chi connectivity index (χ0) is 10.8. The first-order valence-corrected chi connectivity index (χ1v) is 4.86. The number of aromatic nitrogens is 1. The van der Waals surface area contributed by atoms with Crippen molar-refractivity contribution in [3.8, 4) is 6.07 Å². The van der Waals surface area contributed by atoms with Gasteiger partial charge in [-0.15, -0.1) is 0 Å². The maximum Gasteiger partial charge on any atom is 0.125 e. The van der Waals surface area contributed by atoms with Crippen molar-refractivity contribution in [3.05, 3.63) is 36.0 Å². The van der Waals surface area contributed by atoms with E-state index in [0.717, 1.165) is 16.5 Å². The first kappa shape index (κ1) is 9.75. The van der Waals surface area contributed by atoms with Gasteiger partial charge in [-0.1, -0.05) is 18.2 Å². The summed E-state index contributed by atoms with van der Waals surface area (Å²) in [6.45, 7) is 0. The largest absolute Gasteiger partial charge is 0.361 e. The SMILES string of the molecule is CN(C)[C@H](C#N)c1c[nH]c2ccccc12. The molecule has 0 spiro atoms. The van der Waals surface area contributed by atoms with Crippen molar-refractivity contribution in [2.45, 2.75) is 6.04 Å². The third kappa shape index (κ3) is 1.60. The van der Waals surface area contributed by atoms with Crippen LogP contribution in [0.2, 0.25) is 0 Å². The topological polar surface area (TPSA) is 42.8 Å². The van der Waals surface area contributed by atoms with Gasteiger partial charge in [0.25, 0.3) is 0 Å². The standard InChI is InChI=1S/C12H13N3/c1-15(2)12(7-13)10-8-14-11-6-4-3-5-9(10)11/h3-6,8,12,14H,1-2H3/t12-/m1/s1. The molecule has 3 nitrogen and oxygen atoms in total. The molecule has 1 atom stereocenters. The van der Waals surface area contributed by atoms with Gasteiger partial charge < -0.3 is 4.98 Å². The molecule has 76 valence electrons. The van der Waals surface area contributed by atoms with E-state index in [9.17, 15) is 0 Å². The summed E-state index contributed by atoms with van der Waals surface area (Å²) in [7, 11) is 3.82. The molecule has 0 unspecified atom stereocenters. The van der Waals surface area contributed by atoms with Gasteiger partial charge in [0.15, 0.2) is 0 Å². The third-order valence-electron chi connectivity index (χ3n) is 2.55. The predicted molar refractivity (Wildman–Crippen MR) is 60.3 cm³/mol. The van der Waals surface area contributed by atoms with Crippen LogP contribution in [0.15, 0.2) is 30.5 Å². The van der Waals surface area contributed by atoms with Crippen LogP contribution in [0.5, 0.6) is 0 Å². The molecular formula is C12H13N3. The van der Waals surface area contributed by atoms with E-state index in [1.165, 1.54) is 0 Å². The van der Waals surface area contributed by atoms with Crippen molar-refractivity contribution in [1.82, 2.24) is 9.88 Å². The van der Waals surface area contributed by atoms with Crippen LogP contribution in [0, 0.1) is 11.3 Å². The Morgan fingerprint density at radius 2 is 2.07 bits per heavy atom. The number of aromatic amines is 1. The van der Waals surface area contributed by atoms with Crippen LogP contribution >= 0.6 is 0 Å².